The monoisotopic (exact) mass is 215 g/mol. The van der Waals surface area contributed by atoms with Gasteiger partial charge in [0.2, 0.25) is 5.91 Å². The first-order valence-electron chi connectivity index (χ1n) is 4.98. The molecule has 1 unspecified atom stereocenters. The van der Waals surface area contributed by atoms with Crippen molar-refractivity contribution in [3.8, 4) is 0 Å². The highest BCUT2D eigenvalue weighted by Gasteiger charge is 2.20. The van der Waals surface area contributed by atoms with Gasteiger partial charge in [-0.1, -0.05) is 6.92 Å². The molecule has 3 nitrogen and oxygen atoms in total. The number of hydrogen-bond donors (Lipinski definition) is 0. The Balaban J connectivity index is 2.32. The Hall–Kier alpha value is -0.510. The van der Waals surface area contributed by atoms with E-state index in [1.807, 2.05) is 16.7 Å². The second kappa shape index (κ2) is 5.39. The summed E-state index contributed by atoms with van der Waals surface area (Å²) in [5, 5.41) is 0.532. The molecule has 1 rings (SSSR count). The SMILES string of the molecule is CC(=O)CCC(=O)N1CCSC(C)C1. The van der Waals surface area contributed by atoms with Crippen molar-refractivity contribution in [3.63, 3.8) is 0 Å². The summed E-state index contributed by atoms with van der Waals surface area (Å²) in [4.78, 5) is 24.2. The van der Waals surface area contributed by atoms with Crippen molar-refractivity contribution in [1.82, 2.24) is 4.90 Å². The second-order valence-corrected chi connectivity index (χ2v) is 5.27. The molecule has 1 aliphatic heterocycles. The molecular weight excluding hydrogens is 198 g/mol. The van der Waals surface area contributed by atoms with E-state index >= 15 is 0 Å². The normalized spacial score (nSPS) is 22.1. The van der Waals surface area contributed by atoms with Gasteiger partial charge in [-0.25, -0.2) is 0 Å². The molecule has 0 bridgehead atoms. The molecule has 1 heterocycles. The van der Waals surface area contributed by atoms with E-state index in [-0.39, 0.29) is 11.7 Å². The topological polar surface area (TPSA) is 37.4 Å². The Bertz CT molecular complexity index is 230. The molecular formula is C10H17NO2S. The fourth-order valence-electron chi connectivity index (χ4n) is 1.49. The van der Waals surface area contributed by atoms with E-state index < -0.39 is 0 Å². The van der Waals surface area contributed by atoms with Crippen LogP contribution in [0.2, 0.25) is 0 Å². The van der Waals surface area contributed by atoms with Gasteiger partial charge in [0, 0.05) is 36.9 Å². The molecule has 0 aliphatic carbocycles. The summed E-state index contributed by atoms with van der Waals surface area (Å²) in [7, 11) is 0. The maximum Gasteiger partial charge on any atom is 0.223 e. The van der Waals surface area contributed by atoms with E-state index in [0.29, 0.717) is 18.1 Å². The first-order chi connectivity index (χ1) is 6.59. The molecule has 1 amide bonds. The Morgan fingerprint density at radius 3 is 2.71 bits per heavy atom. The smallest absolute Gasteiger partial charge is 0.223 e. The van der Waals surface area contributed by atoms with Crippen LogP contribution in [0.4, 0.5) is 0 Å². The van der Waals surface area contributed by atoms with Crippen molar-refractivity contribution < 1.29 is 9.59 Å². The highest BCUT2D eigenvalue weighted by Crippen LogP contribution is 2.18. The number of hydrogen-bond acceptors (Lipinski definition) is 3. The molecule has 1 saturated heterocycles. The number of ketones is 1. The molecule has 4 heteroatoms. The Morgan fingerprint density at radius 2 is 2.14 bits per heavy atom. The zero-order chi connectivity index (χ0) is 10.6. The van der Waals surface area contributed by atoms with Gasteiger partial charge in [-0.3, -0.25) is 4.79 Å². The van der Waals surface area contributed by atoms with Gasteiger partial charge in [-0.2, -0.15) is 11.8 Å². The molecule has 0 aromatic heterocycles. The molecule has 0 spiro atoms. The summed E-state index contributed by atoms with van der Waals surface area (Å²) < 4.78 is 0. The predicted octanol–water partition coefficient (Wildman–Crippen LogP) is 1.32. The van der Waals surface area contributed by atoms with E-state index in [1.54, 1.807) is 0 Å². The van der Waals surface area contributed by atoms with Gasteiger partial charge in [0.1, 0.15) is 5.78 Å². The first-order valence-corrected chi connectivity index (χ1v) is 6.03. The molecule has 0 aromatic carbocycles. The number of thioether (sulfide) groups is 1. The Morgan fingerprint density at radius 1 is 1.43 bits per heavy atom. The number of Topliss-reactive ketones (excluding diaryl/α,β-unsaturated/α-hetero) is 1. The minimum atomic E-state index is 0.0952. The van der Waals surface area contributed by atoms with Gasteiger partial charge < -0.3 is 9.69 Å². The average molecular weight is 215 g/mol. The zero-order valence-electron chi connectivity index (χ0n) is 8.78. The van der Waals surface area contributed by atoms with Crippen LogP contribution in [-0.2, 0) is 9.59 Å². The van der Waals surface area contributed by atoms with Crippen LogP contribution in [0.5, 0.6) is 0 Å². The third kappa shape index (κ3) is 3.70. The van der Waals surface area contributed by atoms with Crippen LogP contribution in [-0.4, -0.2) is 40.7 Å². The number of carbonyl (C=O) groups is 2. The van der Waals surface area contributed by atoms with Crippen LogP contribution >= 0.6 is 11.8 Å². The summed E-state index contributed by atoms with van der Waals surface area (Å²) in [6.07, 6.45) is 0.767. The maximum absolute atomic E-state index is 11.6. The van der Waals surface area contributed by atoms with E-state index in [1.165, 1.54) is 6.92 Å². The fourth-order valence-corrected chi connectivity index (χ4v) is 2.50. The summed E-state index contributed by atoms with van der Waals surface area (Å²) in [5.74, 6) is 1.25. The number of rotatable bonds is 3. The molecule has 0 aromatic rings. The molecule has 1 atom stereocenters. The van der Waals surface area contributed by atoms with Crippen molar-refractivity contribution in [2.75, 3.05) is 18.8 Å². The summed E-state index contributed by atoms with van der Waals surface area (Å²) in [6.45, 7) is 5.34. The van der Waals surface area contributed by atoms with Crippen molar-refractivity contribution >= 4 is 23.5 Å². The van der Waals surface area contributed by atoms with Crippen LogP contribution in [0.3, 0.4) is 0 Å². The standard InChI is InChI=1S/C10H17NO2S/c1-8(12)3-4-10(13)11-5-6-14-9(2)7-11/h9H,3-7H2,1-2H3. The van der Waals surface area contributed by atoms with Gasteiger partial charge in [0.05, 0.1) is 0 Å². The van der Waals surface area contributed by atoms with Crippen LogP contribution in [0, 0.1) is 0 Å². The average Bonchev–Trinajstić information content (AvgIpc) is 2.14. The molecule has 80 valence electrons. The van der Waals surface area contributed by atoms with Crippen molar-refractivity contribution in [2.45, 2.75) is 31.9 Å². The quantitative estimate of drug-likeness (QED) is 0.712. The van der Waals surface area contributed by atoms with Crippen LogP contribution in [0.25, 0.3) is 0 Å². The lowest BCUT2D eigenvalue weighted by Gasteiger charge is -2.30. The Labute approximate surface area is 89.2 Å². The van der Waals surface area contributed by atoms with Crippen LogP contribution in [0.15, 0.2) is 0 Å². The Kier molecular flexibility index (Phi) is 4.45. The number of amides is 1. The lowest BCUT2D eigenvalue weighted by Crippen LogP contribution is -2.41. The van der Waals surface area contributed by atoms with Crippen LogP contribution in [0.1, 0.15) is 26.7 Å². The lowest BCUT2D eigenvalue weighted by molar-refractivity contribution is -0.132. The number of carbonyl (C=O) groups excluding carboxylic acids is 2. The van der Waals surface area contributed by atoms with E-state index in [0.717, 1.165) is 18.8 Å². The lowest BCUT2D eigenvalue weighted by atomic mass is 10.2. The molecule has 1 aliphatic rings. The summed E-state index contributed by atoms with van der Waals surface area (Å²) >= 11 is 1.90. The van der Waals surface area contributed by atoms with Crippen molar-refractivity contribution in [1.29, 1.82) is 0 Å². The van der Waals surface area contributed by atoms with Gasteiger partial charge in [-0.15, -0.1) is 0 Å². The zero-order valence-corrected chi connectivity index (χ0v) is 9.60. The second-order valence-electron chi connectivity index (χ2n) is 3.72. The van der Waals surface area contributed by atoms with E-state index in [2.05, 4.69) is 6.92 Å². The van der Waals surface area contributed by atoms with E-state index in [9.17, 15) is 9.59 Å². The largest absolute Gasteiger partial charge is 0.341 e. The molecule has 0 saturated carbocycles. The first kappa shape index (κ1) is 11.6. The van der Waals surface area contributed by atoms with Gasteiger partial charge >= 0.3 is 0 Å². The highest BCUT2D eigenvalue weighted by atomic mass is 32.2. The molecule has 0 radical (unpaired) electrons. The highest BCUT2D eigenvalue weighted by molar-refractivity contribution is 7.99. The fraction of sp³-hybridized carbons (Fsp3) is 0.800. The van der Waals surface area contributed by atoms with Crippen LogP contribution < -0.4 is 0 Å². The van der Waals surface area contributed by atoms with E-state index in [4.69, 9.17) is 0 Å². The number of nitrogens with zero attached hydrogens (tertiary/aromatic N) is 1. The maximum atomic E-state index is 11.6. The summed E-state index contributed by atoms with van der Waals surface area (Å²) in [5.41, 5.74) is 0. The third-order valence-electron chi connectivity index (χ3n) is 2.28. The van der Waals surface area contributed by atoms with Crippen molar-refractivity contribution in [3.05, 3.63) is 0 Å². The molecule has 14 heavy (non-hydrogen) atoms. The van der Waals surface area contributed by atoms with Gasteiger partial charge in [0.25, 0.3) is 0 Å². The van der Waals surface area contributed by atoms with Gasteiger partial charge in [0.15, 0.2) is 0 Å². The molecule has 0 N–H and O–H groups in total. The van der Waals surface area contributed by atoms with Crippen molar-refractivity contribution in [2.24, 2.45) is 0 Å². The third-order valence-corrected chi connectivity index (χ3v) is 3.42. The van der Waals surface area contributed by atoms with Gasteiger partial charge in [-0.05, 0) is 6.92 Å². The minimum Gasteiger partial charge on any atom is -0.341 e. The molecule has 1 fully saturated rings. The summed E-state index contributed by atoms with van der Waals surface area (Å²) in [6, 6.07) is 0. The minimum absolute atomic E-state index is 0.0952. The predicted molar refractivity (Wildman–Crippen MR) is 58.4 cm³/mol.